The topological polar surface area (TPSA) is 56.8 Å². The van der Waals surface area contributed by atoms with Crippen LogP contribution in [0.15, 0.2) is 42.5 Å². The molecule has 0 atom stereocenters. The molecule has 0 saturated heterocycles. The van der Waals surface area contributed by atoms with Crippen LogP contribution in [-0.2, 0) is 11.0 Å². The molecular weight excluding hydrogens is 399 g/mol. The van der Waals surface area contributed by atoms with Crippen LogP contribution in [0.3, 0.4) is 0 Å². The molecule has 2 aromatic rings. The number of rotatable bonds is 4. The molecule has 0 spiro atoms. The van der Waals surface area contributed by atoms with Crippen LogP contribution in [0.4, 0.5) is 13.2 Å². The summed E-state index contributed by atoms with van der Waals surface area (Å²) in [6.45, 7) is 0.848. The molecule has 1 aliphatic heterocycles. The predicted molar refractivity (Wildman–Crippen MR) is 104 cm³/mol. The second-order valence-corrected chi connectivity index (χ2v) is 6.18. The normalized spacial score (nSPS) is 12.8. The molecule has 1 aliphatic rings. The summed E-state index contributed by atoms with van der Waals surface area (Å²) in [7, 11) is 1.51. The number of carbonyl (C=O) groups is 1. The lowest BCUT2D eigenvalue weighted by Gasteiger charge is -2.20. The molecule has 30 heavy (non-hydrogen) atoms. The molecule has 0 saturated carbocycles. The molecule has 5 nitrogen and oxygen atoms in total. The van der Waals surface area contributed by atoms with Crippen LogP contribution in [0.1, 0.15) is 16.7 Å². The molecule has 0 aliphatic carbocycles. The smallest absolute Gasteiger partial charge is 0.416 e. The SMILES string of the molecule is COc1cc(/C=C/C(=O)NCC#Cc2cccc(C(F)(F)F)c2)cc2c1OCCO2. The molecule has 156 valence electrons. The molecule has 0 bridgehead atoms. The highest BCUT2D eigenvalue weighted by molar-refractivity contribution is 5.92. The van der Waals surface area contributed by atoms with Gasteiger partial charge in [-0.05, 0) is 42.0 Å². The second-order valence-electron chi connectivity index (χ2n) is 6.18. The van der Waals surface area contributed by atoms with Crippen LogP contribution < -0.4 is 19.5 Å². The van der Waals surface area contributed by atoms with Crippen molar-refractivity contribution in [1.82, 2.24) is 5.32 Å². The van der Waals surface area contributed by atoms with E-state index in [9.17, 15) is 18.0 Å². The fraction of sp³-hybridized carbons (Fsp3) is 0.227. The Kier molecular flexibility index (Phi) is 6.52. The zero-order chi connectivity index (χ0) is 21.6. The average molecular weight is 417 g/mol. The van der Waals surface area contributed by atoms with Gasteiger partial charge in [0.25, 0.3) is 0 Å². The molecule has 0 unspecified atom stereocenters. The van der Waals surface area contributed by atoms with Crippen LogP contribution in [0.25, 0.3) is 6.08 Å². The Morgan fingerprint density at radius 2 is 2.03 bits per heavy atom. The summed E-state index contributed by atoms with van der Waals surface area (Å²) in [5.74, 6) is 6.39. The third kappa shape index (κ3) is 5.47. The van der Waals surface area contributed by atoms with Gasteiger partial charge in [0.05, 0.1) is 19.2 Å². The van der Waals surface area contributed by atoms with Gasteiger partial charge in [-0.1, -0.05) is 17.9 Å². The summed E-state index contributed by atoms with van der Waals surface area (Å²) >= 11 is 0. The van der Waals surface area contributed by atoms with Gasteiger partial charge in [0.1, 0.15) is 13.2 Å². The number of benzene rings is 2. The number of halogens is 3. The second kappa shape index (κ2) is 9.27. The zero-order valence-electron chi connectivity index (χ0n) is 16.0. The maximum Gasteiger partial charge on any atom is 0.416 e. The van der Waals surface area contributed by atoms with Crippen molar-refractivity contribution >= 4 is 12.0 Å². The van der Waals surface area contributed by atoms with Gasteiger partial charge in [-0.15, -0.1) is 0 Å². The van der Waals surface area contributed by atoms with E-state index in [2.05, 4.69) is 17.2 Å². The predicted octanol–water partition coefficient (Wildman–Crippen LogP) is 3.67. The van der Waals surface area contributed by atoms with Crippen molar-refractivity contribution in [2.75, 3.05) is 26.9 Å². The molecule has 0 radical (unpaired) electrons. The first kappa shape index (κ1) is 21.1. The van der Waals surface area contributed by atoms with Crippen molar-refractivity contribution in [1.29, 1.82) is 0 Å². The summed E-state index contributed by atoms with van der Waals surface area (Å²) in [6.07, 6.45) is -1.53. The van der Waals surface area contributed by atoms with Crippen LogP contribution in [0.2, 0.25) is 0 Å². The van der Waals surface area contributed by atoms with E-state index in [0.29, 0.717) is 36.0 Å². The van der Waals surface area contributed by atoms with Gasteiger partial charge >= 0.3 is 6.18 Å². The highest BCUT2D eigenvalue weighted by Crippen LogP contribution is 2.40. The van der Waals surface area contributed by atoms with Crippen LogP contribution >= 0.6 is 0 Å². The van der Waals surface area contributed by atoms with E-state index in [0.717, 1.165) is 12.1 Å². The fourth-order valence-electron chi connectivity index (χ4n) is 2.67. The number of fused-ring (bicyclic) bond motifs is 1. The third-order valence-corrected chi connectivity index (χ3v) is 4.05. The molecule has 2 aromatic carbocycles. The van der Waals surface area contributed by atoms with Crippen LogP contribution in [-0.4, -0.2) is 32.8 Å². The van der Waals surface area contributed by atoms with Crippen LogP contribution in [0, 0.1) is 11.8 Å². The molecule has 0 aromatic heterocycles. The number of amides is 1. The number of methoxy groups -OCH3 is 1. The highest BCUT2D eigenvalue weighted by Gasteiger charge is 2.30. The first-order valence-electron chi connectivity index (χ1n) is 8.96. The van der Waals surface area contributed by atoms with Gasteiger partial charge in [-0.3, -0.25) is 4.79 Å². The molecule has 0 fully saturated rings. The van der Waals surface area contributed by atoms with Gasteiger partial charge in [-0.25, -0.2) is 0 Å². The maximum absolute atomic E-state index is 12.7. The van der Waals surface area contributed by atoms with E-state index in [1.54, 1.807) is 18.2 Å². The maximum atomic E-state index is 12.7. The van der Waals surface area contributed by atoms with E-state index in [-0.39, 0.29) is 12.1 Å². The minimum atomic E-state index is -4.42. The van der Waals surface area contributed by atoms with Gasteiger partial charge in [0, 0.05) is 11.6 Å². The first-order chi connectivity index (χ1) is 14.4. The average Bonchev–Trinajstić information content (AvgIpc) is 2.74. The molecule has 1 heterocycles. The monoisotopic (exact) mass is 417 g/mol. The fourth-order valence-corrected chi connectivity index (χ4v) is 2.67. The van der Waals surface area contributed by atoms with Gasteiger partial charge < -0.3 is 19.5 Å². The lowest BCUT2D eigenvalue weighted by molar-refractivity contribution is -0.137. The summed E-state index contributed by atoms with van der Waals surface area (Å²) < 4.78 is 54.4. The zero-order valence-corrected chi connectivity index (χ0v) is 16.0. The quantitative estimate of drug-likeness (QED) is 0.609. The van der Waals surface area contributed by atoms with E-state index in [1.807, 2.05) is 0 Å². The van der Waals surface area contributed by atoms with E-state index >= 15 is 0 Å². The van der Waals surface area contributed by atoms with E-state index < -0.39 is 17.6 Å². The number of hydrogen-bond acceptors (Lipinski definition) is 4. The molecule has 1 amide bonds. The standard InChI is InChI=1S/C22H18F3NO4/c1-28-18-13-16(14-19-21(18)30-11-10-29-19)7-8-20(27)26-9-3-5-15-4-2-6-17(12-15)22(23,24)25/h2,4,6-8,12-14H,9-11H2,1H3,(H,26,27)/b8-7+. The molecule has 3 rings (SSSR count). The molecule has 1 N–H and O–H groups in total. The number of carbonyl (C=O) groups excluding carboxylic acids is 1. The Balaban J connectivity index is 1.58. The Bertz CT molecular complexity index is 1000. The first-order valence-corrected chi connectivity index (χ1v) is 8.96. The van der Waals surface area contributed by atoms with Crippen molar-refractivity contribution in [3.05, 3.63) is 59.2 Å². The lowest BCUT2D eigenvalue weighted by Crippen LogP contribution is -2.21. The summed E-state index contributed by atoms with van der Waals surface area (Å²) in [6, 6.07) is 8.14. The minimum Gasteiger partial charge on any atom is -0.493 e. The molecular formula is C22H18F3NO4. The Morgan fingerprint density at radius 3 is 2.80 bits per heavy atom. The summed E-state index contributed by atoms with van der Waals surface area (Å²) in [5.41, 5.74) is 0.135. The number of alkyl halides is 3. The van der Waals surface area contributed by atoms with E-state index in [4.69, 9.17) is 14.2 Å². The summed E-state index contributed by atoms with van der Waals surface area (Å²) in [4.78, 5) is 12.0. The van der Waals surface area contributed by atoms with Crippen molar-refractivity contribution in [3.8, 4) is 29.1 Å². The van der Waals surface area contributed by atoms with Crippen molar-refractivity contribution in [3.63, 3.8) is 0 Å². The minimum absolute atomic E-state index is 0.0100. The van der Waals surface area contributed by atoms with Gasteiger partial charge in [0.2, 0.25) is 11.7 Å². The largest absolute Gasteiger partial charge is 0.493 e. The van der Waals surface area contributed by atoms with Crippen molar-refractivity contribution in [2.24, 2.45) is 0 Å². The van der Waals surface area contributed by atoms with Crippen LogP contribution in [0.5, 0.6) is 17.2 Å². The lowest BCUT2D eigenvalue weighted by atomic mass is 10.1. The third-order valence-electron chi connectivity index (χ3n) is 4.05. The Labute approximate surface area is 171 Å². The van der Waals surface area contributed by atoms with Gasteiger partial charge in [0.15, 0.2) is 11.5 Å². The van der Waals surface area contributed by atoms with Crippen molar-refractivity contribution in [2.45, 2.75) is 6.18 Å². The van der Waals surface area contributed by atoms with Gasteiger partial charge in [-0.2, -0.15) is 13.2 Å². The number of ether oxygens (including phenoxy) is 3. The Hall–Kier alpha value is -3.60. The van der Waals surface area contributed by atoms with Crippen molar-refractivity contribution < 1.29 is 32.2 Å². The number of nitrogens with one attached hydrogen (secondary N) is 1. The molecule has 8 heteroatoms. The Morgan fingerprint density at radius 1 is 1.23 bits per heavy atom. The van der Waals surface area contributed by atoms with E-state index in [1.165, 1.54) is 25.3 Å². The summed E-state index contributed by atoms with van der Waals surface area (Å²) in [5, 5.41) is 2.55. The highest BCUT2D eigenvalue weighted by atomic mass is 19.4. The number of hydrogen-bond donors (Lipinski definition) is 1.